The molecule has 0 N–H and O–H groups in total. The van der Waals surface area contributed by atoms with Gasteiger partial charge in [0.15, 0.2) is 0 Å². The number of hydrogen-bond acceptors (Lipinski definition) is 2. The lowest BCUT2D eigenvalue weighted by atomic mass is 10.0. The monoisotopic (exact) mass is 249 g/mol. The third-order valence-corrected chi connectivity index (χ3v) is 3.57. The van der Waals surface area contributed by atoms with Crippen LogP contribution in [0.1, 0.15) is 26.2 Å². The van der Waals surface area contributed by atoms with Crippen molar-refractivity contribution in [2.45, 2.75) is 38.3 Å². The average molecular weight is 250 g/mol. The predicted molar refractivity (Wildman–Crippen MR) is 59.5 cm³/mol. The summed E-state index contributed by atoms with van der Waals surface area (Å²) >= 11 is 3.58. The minimum Gasteiger partial charge on any atom is -0.380 e. The second-order valence-electron chi connectivity index (χ2n) is 3.85. The Labute approximate surface area is 89.8 Å². The first kappa shape index (κ1) is 11.5. The van der Waals surface area contributed by atoms with Gasteiger partial charge in [-0.1, -0.05) is 22.4 Å². The summed E-state index contributed by atoms with van der Waals surface area (Å²) in [5.41, 5.74) is 0. The van der Waals surface area contributed by atoms with Crippen molar-refractivity contribution < 1.29 is 4.74 Å². The molecule has 3 heteroatoms. The minimum atomic E-state index is 0.361. The lowest BCUT2D eigenvalue weighted by molar-refractivity contribution is 0.0521. The summed E-state index contributed by atoms with van der Waals surface area (Å²) in [5, 5.41) is 1.10. The summed E-state index contributed by atoms with van der Waals surface area (Å²) in [6.07, 6.45) is 4.43. The SMILES string of the molecule is COC(C)CN1CCCCC1CBr. The summed E-state index contributed by atoms with van der Waals surface area (Å²) in [4.78, 5) is 2.55. The van der Waals surface area contributed by atoms with Crippen molar-refractivity contribution in [1.82, 2.24) is 4.90 Å². The molecule has 0 aromatic carbocycles. The summed E-state index contributed by atoms with van der Waals surface area (Å²) < 4.78 is 5.29. The van der Waals surface area contributed by atoms with Gasteiger partial charge in [0.2, 0.25) is 0 Å². The Hall–Kier alpha value is 0.400. The Morgan fingerprint density at radius 2 is 2.31 bits per heavy atom. The lowest BCUT2D eigenvalue weighted by Gasteiger charge is -2.35. The van der Waals surface area contributed by atoms with Crippen LogP contribution in [-0.2, 0) is 4.74 Å². The van der Waals surface area contributed by atoms with E-state index < -0.39 is 0 Å². The molecule has 0 bridgehead atoms. The lowest BCUT2D eigenvalue weighted by Crippen LogP contribution is -2.44. The van der Waals surface area contributed by atoms with E-state index in [0.29, 0.717) is 6.10 Å². The van der Waals surface area contributed by atoms with Gasteiger partial charge < -0.3 is 4.74 Å². The smallest absolute Gasteiger partial charge is 0.0670 e. The first-order chi connectivity index (χ1) is 6.27. The van der Waals surface area contributed by atoms with Crippen LogP contribution in [0, 0.1) is 0 Å². The van der Waals surface area contributed by atoms with Gasteiger partial charge in [0.25, 0.3) is 0 Å². The average Bonchev–Trinajstić information content (AvgIpc) is 2.18. The van der Waals surface area contributed by atoms with E-state index in [1.165, 1.54) is 25.8 Å². The Kier molecular flexibility index (Phi) is 5.29. The molecule has 1 heterocycles. The molecule has 1 fully saturated rings. The molecule has 13 heavy (non-hydrogen) atoms. The Balaban J connectivity index is 2.35. The molecule has 0 spiro atoms. The number of alkyl halides is 1. The van der Waals surface area contributed by atoms with Crippen molar-refractivity contribution in [2.24, 2.45) is 0 Å². The fourth-order valence-electron chi connectivity index (χ4n) is 1.88. The molecule has 1 aliphatic rings. The van der Waals surface area contributed by atoms with E-state index in [9.17, 15) is 0 Å². The minimum absolute atomic E-state index is 0.361. The van der Waals surface area contributed by atoms with Gasteiger partial charge in [-0.25, -0.2) is 0 Å². The maximum absolute atomic E-state index is 5.29. The van der Waals surface area contributed by atoms with E-state index in [1.807, 2.05) is 0 Å². The quantitative estimate of drug-likeness (QED) is 0.710. The summed E-state index contributed by atoms with van der Waals surface area (Å²) in [6.45, 7) is 4.45. The topological polar surface area (TPSA) is 12.5 Å². The highest BCUT2D eigenvalue weighted by Crippen LogP contribution is 2.18. The molecular weight excluding hydrogens is 230 g/mol. The molecule has 1 saturated heterocycles. The van der Waals surface area contributed by atoms with E-state index in [2.05, 4.69) is 27.8 Å². The van der Waals surface area contributed by atoms with Crippen LogP contribution in [0.25, 0.3) is 0 Å². The molecule has 2 atom stereocenters. The first-order valence-electron chi connectivity index (χ1n) is 5.10. The molecule has 2 nitrogen and oxygen atoms in total. The van der Waals surface area contributed by atoms with Gasteiger partial charge in [-0.3, -0.25) is 4.90 Å². The highest BCUT2D eigenvalue weighted by Gasteiger charge is 2.22. The van der Waals surface area contributed by atoms with Crippen molar-refractivity contribution in [3.63, 3.8) is 0 Å². The maximum atomic E-state index is 5.29. The Morgan fingerprint density at radius 1 is 1.54 bits per heavy atom. The third kappa shape index (κ3) is 3.56. The van der Waals surface area contributed by atoms with Gasteiger partial charge in [-0.2, -0.15) is 0 Å². The summed E-state index contributed by atoms with van der Waals surface area (Å²) in [6, 6.07) is 0.728. The van der Waals surface area contributed by atoms with Crippen LogP contribution in [0.4, 0.5) is 0 Å². The molecule has 0 aliphatic carbocycles. The normalized spacial score (nSPS) is 27.5. The standard InChI is InChI=1S/C10H20BrNO/c1-9(13-2)8-12-6-4-3-5-10(12)7-11/h9-10H,3-8H2,1-2H3. The molecule has 0 aromatic rings. The van der Waals surface area contributed by atoms with Gasteiger partial charge in [-0.05, 0) is 26.3 Å². The zero-order valence-corrected chi connectivity index (χ0v) is 10.2. The van der Waals surface area contributed by atoms with Crippen molar-refractivity contribution in [3.05, 3.63) is 0 Å². The van der Waals surface area contributed by atoms with E-state index in [0.717, 1.165) is 17.9 Å². The zero-order valence-electron chi connectivity index (χ0n) is 8.63. The molecular formula is C10H20BrNO. The summed E-state index contributed by atoms with van der Waals surface area (Å²) in [5.74, 6) is 0. The van der Waals surface area contributed by atoms with Crippen LogP contribution in [0.2, 0.25) is 0 Å². The highest BCUT2D eigenvalue weighted by atomic mass is 79.9. The number of hydrogen-bond donors (Lipinski definition) is 0. The molecule has 78 valence electrons. The number of nitrogens with zero attached hydrogens (tertiary/aromatic N) is 1. The van der Waals surface area contributed by atoms with Gasteiger partial charge in [0, 0.05) is 25.0 Å². The number of halogens is 1. The van der Waals surface area contributed by atoms with Crippen molar-refractivity contribution in [3.8, 4) is 0 Å². The van der Waals surface area contributed by atoms with Crippen molar-refractivity contribution >= 4 is 15.9 Å². The van der Waals surface area contributed by atoms with Crippen LogP contribution < -0.4 is 0 Å². The molecule has 0 saturated carbocycles. The van der Waals surface area contributed by atoms with Crippen LogP contribution in [0.3, 0.4) is 0 Å². The van der Waals surface area contributed by atoms with Crippen molar-refractivity contribution in [1.29, 1.82) is 0 Å². The van der Waals surface area contributed by atoms with E-state index in [-0.39, 0.29) is 0 Å². The largest absolute Gasteiger partial charge is 0.380 e. The van der Waals surface area contributed by atoms with Crippen molar-refractivity contribution in [2.75, 3.05) is 25.5 Å². The third-order valence-electron chi connectivity index (χ3n) is 2.82. The highest BCUT2D eigenvalue weighted by molar-refractivity contribution is 9.09. The predicted octanol–water partition coefficient (Wildman–Crippen LogP) is 2.27. The molecule has 0 radical (unpaired) electrons. The number of piperidine rings is 1. The zero-order chi connectivity index (χ0) is 9.68. The Bertz CT molecular complexity index is 143. The summed E-state index contributed by atoms with van der Waals surface area (Å²) in [7, 11) is 1.79. The second kappa shape index (κ2) is 5.99. The second-order valence-corrected chi connectivity index (χ2v) is 4.49. The molecule has 0 aromatic heterocycles. The molecule has 1 aliphatic heterocycles. The molecule has 0 amide bonds. The van der Waals surface area contributed by atoms with Gasteiger partial charge in [-0.15, -0.1) is 0 Å². The number of ether oxygens (including phenoxy) is 1. The van der Waals surface area contributed by atoms with E-state index >= 15 is 0 Å². The fraction of sp³-hybridized carbons (Fsp3) is 1.00. The number of rotatable bonds is 4. The molecule has 1 rings (SSSR count). The van der Waals surface area contributed by atoms with E-state index in [4.69, 9.17) is 4.74 Å². The van der Waals surface area contributed by atoms with E-state index in [1.54, 1.807) is 7.11 Å². The van der Waals surface area contributed by atoms with Crippen LogP contribution in [0.15, 0.2) is 0 Å². The van der Waals surface area contributed by atoms with Gasteiger partial charge in [0.1, 0.15) is 0 Å². The fourth-order valence-corrected chi connectivity index (χ4v) is 2.61. The van der Waals surface area contributed by atoms with Crippen LogP contribution >= 0.6 is 15.9 Å². The number of methoxy groups -OCH3 is 1. The van der Waals surface area contributed by atoms with Gasteiger partial charge in [0.05, 0.1) is 6.10 Å². The van der Waals surface area contributed by atoms with Gasteiger partial charge >= 0.3 is 0 Å². The van der Waals surface area contributed by atoms with Crippen LogP contribution in [0.5, 0.6) is 0 Å². The van der Waals surface area contributed by atoms with Crippen LogP contribution in [-0.4, -0.2) is 42.6 Å². The Morgan fingerprint density at radius 3 is 2.92 bits per heavy atom. The first-order valence-corrected chi connectivity index (χ1v) is 6.23. The number of likely N-dealkylation sites (tertiary alicyclic amines) is 1. The molecule has 2 unspecified atom stereocenters. The maximum Gasteiger partial charge on any atom is 0.0670 e.